The summed E-state index contributed by atoms with van der Waals surface area (Å²) in [7, 11) is 0. The number of hydrogen-bond donors (Lipinski definition) is 3. The van der Waals surface area contributed by atoms with Gasteiger partial charge in [-0.3, -0.25) is 4.79 Å². The van der Waals surface area contributed by atoms with Crippen molar-refractivity contribution in [2.45, 2.75) is 57.5 Å². The Hall–Kier alpha value is -3.77. The Labute approximate surface area is 216 Å². The number of amides is 1. The predicted octanol–water partition coefficient (Wildman–Crippen LogP) is 6.87. The molecule has 4 rings (SSSR count). The van der Waals surface area contributed by atoms with Gasteiger partial charge in [-0.15, -0.1) is 0 Å². The van der Waals surface area contributed by atoms with Gasteiger partial charge in [0.15, 0.2) is 0 Å². The number of fused-ring (bicyclic) bond motifs is 1. The smallest absolute Gasteiger partial charge is 0.335 e. The molecule has 1 unspecified atom stereocenters. The molecule has 0 aromatic heterocycles. The summed E-state index contributed by atoms with van der Waals surface area (Å²) < 4.78 is 13.4. The van der Waals surface area contributed by atoms with Crippen LogP contribution in [0, 0.1) is 5.82 Å². The van der Waals surface area contributed by atoms with Gasteiger partial charge < -0.3 is 15.5 Å². The minimum absolute atomic E-state index is 0.160. The van der Waals surface area contributed by atoms with Crippen molar-refractivity contribution in [3.8, 4) is 0 Å². The van der Waals surface area contributed by atoms with E-state index in [2.05, 4.69) is 33.0 Å². The molecule has 0 fully saturated rings. The number of nitrogens with one attached hydrogen (secondary N) is 1. The van der Waals surface area contributed by atoms with Crippen LogP contribution in [0.5, 0.6) is 0 Å². The zero-order chi connectivity index (χ0) is 27.0. The standard InChI is InChI=1S/C31H32FNO4/c1-30(2)15-16-31(3,4)27-24(30)17-22(18-25(27)33-28(35)20-10-12-23(32)13-11-20)26(34)14-7-19-5-8-21(9-6-19)29(36)37/h5-14,17-18,26,34H,15-16H2,1-4H3,(H,33,35)(H,36,37). The lowest BCUT2D eigenvalue weighted by atomic mass is 9.62. The van der Waals surface area contributed by atoms with Gasteiger partial charge in [-0.2, -0.15) is 0 Å². The van der Waals surface area contributed by atoms with Crippen LogP contribution < -0.4 is 5.32 Å². The van der Waals surface area contributed by atoms with Gasteiger partial charge in [0.25, 0.3) is 5.91 Å². The summed E-state index contributed by atoms with van der Waals surface area (Å²) in [5.41, 5.74) is 4.34. The fourth-order valence-corrected chi connectivity index (χ4v) is 4.93. The zero-order valence-electron chi connectivity index (χ0n) is 21.5. The highest BCUT2D eigenvalue weighted by molar-refractivity contribution is 6.05. The first kappa shape index (κ1) is 26.3. The number of carboxylic acid groups (broad SMARTS) is 1. The minimum Gasteiger partial charge on any atom is -0.478 e. The molecule has 1 atom stereocenters. The molecule has 6 heteroatoms. The Morgan fingerprint density at radius 1 is 0.919 bits per heavy atom. The van der Waals surface area contributed by atoms with Crippen LogP contribution in [0.15, 0.2) is 66.7 Å². The first-order chi connectivity index (χ1) is 17.4. The number of aromatic carboxylic acids is 1. The van der Waals surface area contributed by atoms with E-state index in [1.807, 2.05) is 12.1 Å². The Bertz CT molecular complexity index is 1360. The second kappa shape index (κ2) is 9.94. The van der Waals surface area contributed by atoms with Crippen LogP contribution in [0.2, 0.25) is 0 Å². The van der Waals surface area contributed by atoms with Gasteiger partial charge >= 0.3 is 5.97 Å². The third-order valence-corrected chi connectivity index (χ3v) is 7.27. The van der Waals surface area contributed by atoms with E-state index >= 15 is 0 Å². The third kappa shape index (κ3) is 5.65. The molecule has 0 spiro atoms. The van der Waals surface area contributed by atoms with Gasteiger partial charge in [-0.1, -0.05) is 58.0 Å². The van der Waals surface area contributed by atoms with Crippen molar-refractivity contribution in [3.05, 3.63) is 106 Å². The summed E-state index contributed by atoms with van der Waals surface area (Å²) in [6.07, 6.45) is 4.34. The van der Waals surface area contributed by atoms with Gasteiger partial charge in [0.2, 0.25) is 0 Å². The average molecular weight is 502 g/mol. The number of aliphatic hydroxyl groups is 1. The predicted molar refractivity (Wildman–Crippen MR) is 143 cm³/mol. The van der Waals surface area contributed by atoms with E-state index < -0.39 is 17.9 Å². The summed E-state index contributed by atoms with van der Waals surface area (Å²) in [5, 5.41) is 23.2. The molecule has 0 radical (unpaired) electrons. The first-order valence-corrected chi connectivity index (χ1v) is 12.3. The fraction of sp³-hybridized carbons (Fsp3) is 0.290. The van der Waals surface area contributed by atoms with Crippen molar-refractivity contribution in [2.75, 3.05) is 5.32 Å². The van der Waals surface area contributed by atoms with Crippen molar-refractivity contribution in [1.82, 2.24) is 0 Å². The van der Waals surface area contributed by atoms with E-state index in [1.165, 1.54) is 36.4 Å². The first-order valence-electron chi connectivity index (χ1n) is 12.3. The average Bonchev–Trinajstić information content (AvgIpc) is 2.85. The maximum Gasteiger partial charge on any atom is 0.335 e. The van der Waals surface area contributed by atoms with Crippen molar-refractivity contribution < 1.29 is 24.2 Å². The molecular weight excluding hydrogens is 469 g/mol. The van der Waals surface area contributed by atoms with Crippen LogP contribution >= 0.6 is 0 Å². The molecular formula is C31H32FNO4. The number of halogens is 1. The van der Waals surface area contributed by atoms with Crippen LogP contribution in [0.25, 0.3) is 6.08 Å². The summed E-state index contributed by atoms with van der Waals surface area (Å²) in [4.78, 5) is 24.2. The van der Waals surface area contributed by atoms with Crippen molar-refractivity contribution >= 4 is 23.6 Å². The van der Waals surface area contributed by atoms with Crippen molar-refractivity contribution in [3.63, 3.8) is 0 Å². The second-order valence-corrected chi connectivity index (χ2v) is 11.0. The SMILES string of the molecule is CC1(C)CCC(C)(C)c2c(NC(=O)c3ccc(F)cc3)cc(C(O)C=Cc3ccc(C(=O)O)cc3)cc21. The van der Waals surface area contributed by atoms with Crippen LogP contribution in [-0.2, 0) is 10.8 Å². The molecule has 0 saturated heterocycles. The van der Waals surface area contributed by atoms with Crippen LogP contribution in [0.4, 0.5) is 10.1 Å². The molecule has 0 aliphatic heterocycles. The highest BCUT2D eigenvalue weighted by atomic mass is 19.1. The molecule has 3 aromatic rings. The monoisotopic (exact) mass is 501 g/mol. The molecule has 0 heterocycles. The van der Waals surface area contributed by atoms with Crippen LogP contribution in [0.1, 0.15) is 89.6 Å². The summed E-state index contributed by atoms with van der Waals surface area (Å²) >= 11 is 0. The van der Waals surface area contributed by atoms with E-state index in [-0.39, 0.29) is 22.3 Å². The van der Waals surface area contributed by atoms with E-state index in [0.717, 1.165) is 29.5 Å². The molecule has 1 aliphatic rings. The Balaban J connectivity index is 1.73. The number of anilines is 1. The molecule has 0 bridgehead atoms. The van der Waals surface area contributed by atoms with E-state index in [9.17, 15) is 19.1 Å². The normalized spacial score (nSPS) is 16.7. The lowest BCUT2D eigenvalue weighted by Gasteiger charge is -2.43. The number of carbonyl (C=O) groups is 2. The molecule has 0 saturated carbocycles. The highest BCUT2D eigenvalue weighted by Gasteiger charge is 2.39. The maximum atomic E-state index is 13.4. The van der Waals surface area contributed by atoms with Gasteiger partial charge in [-0.25, -0.2) is 9.18 Å². The molecule has 1 aliphatic carbocycles. The summed E-state index contributed by atoms with van der Waals surface area (Å²) in [6, 6.07) is 15.6. The molecule has 1 amide bonds. The van der Waals surface area contributed by atoms with E-state index in [1.54, 1.807) is 24.3 Å². The van der Waals surface area contributed by atoms with Crippen molar-refractivity contribution in [1.29, 1.82) is 0 Å². The van der Waals surface area contributed by atoms with E-state index in [4.69, 9.17) is 5.11 Å². The molecule has 192 valence electrons. The maximum absolute atomic E-state index is 13.4. The number of hydrogen-bond acceptors (Lipinski definition) is 3. The van der Waals surface area contributed by atoms with Crippen molar-refractivity contribution in [2.24, 2.45) is 0 Å². The second-order valence-electron chi connectivity index (χ2n) is 11.0. The topological polar surface area (TPSA) is 86.6 Å². The minimum atomic E-state index is -0.995. The summed E-state index contributed by atoms with van der Waals surface area (Å²) in [6.45, 7) is 8.65. The lowest BCUT2D eigenvalue weighted by molar-refractivity contribution is 0.0696. The molecule has 3 N–H and O–H groups in total. The summed E-state index contributed by atoms with van der Waals surface area (Å²) in [5.74, 6) is -1.75. The fourth-order valence-electron chi connectivity index (χ4n) is 4.93. The van der Waals surface area contributed by atoms with Crippen LogP contribution in [0.3, 0.4) is 0 Å². The third-order valence-electron chi connectivity index (χ3n) is 7.27. The number of rotatable bonds is 6. The zero-order valence-corrected chi connectivity index (χ0v) is 21.5. The van der Waals surface area contributed by atoms with Gasteiger partial charge in [-0.05, 0) is 88.4 Å². The quantitative estimate of drug-likeness (QED) is 0.344. The van der Waals surface area contributed by atoms with Gasteiger partial charge in [0.1, 0.15) is 5.82 Å². The molecule has 5 nitrogen and oxygen atoms in total. The number of carbonyl (C=O) groups excluding carboxylic acids is 1. The Morgan fingerprint density at radius 3 is 2.14 bits per heavy atom. The Morgan fingerprint density at radius 2 is 1.51 bits per heavy atom. The largest absolute Gasteiger partial charge is 0.478 e. The Kier molecular flexibility index (Phi) is 7.07. The van der Waals surface area contributed by atoms with Gasteiger partial charge in [0, 0.05) is 11.3 Å². The van der Waals surface area contributed by atoms with E-state index in [0.29, 0.717) is 16.8 Å². The molecule has 37 heavy (non-hydrogen) atoms. The van der Waals surface area contributed by atoms with Crippen LogP contribution in [-0.4, -0.2) is 22.1 Å². The number of carboxylic acids is 1. The number of aliphatic hydroxyl groups excluding tert-OH is 1. The highest BCUT2D eigenvalue weighted by Crippen LogP contribution is 2.49. The lowest BCUT2D eigenvalue weighted by Crippen LogP contribution is -2.35. The molecule has 3 aromatic carbocycles. The van der Waals surface area contributed by atoms with Gasteiger partial charge in [0.05, 0.1) is 11.7 Å². The number of benzene rings is 3.